The second kappa shape index (κ2) is 6.41. The van der Waals surface area contributed by atoms with Crippen LogP contribution in [0.25, 0.3) is 0 Å². The maximum Gasteiger partial charge on any atom is 0.339 e. The van der Waals surface area contributed by atoms with Gasteiger partial charge < -0.3 is 21.3 Å². The molecule has 1 aromatic carbocycles. The number of anilines is 1. The smallest absolute Gasteiger partial charge is 0.339 e. The van der Waals surface area contributed by atoms with Gasteiger partial charge in [-0.15, -0.1) is 0 Å². The van der Waals surface area contributed by atoms with E-state index in [0.29, 0.717) is 0 Å². The van der Waals surface area contributed by atoms with Gasteiger partial charge in [0.1, 0.15) is 0 Å². The number of carboxylic acid groups (broad SMARTS) is 1. The molecule has 0 aromatic heterocycles. The van der Waals surface area contributed by atoms with E-state index in [-0.39, 0.29) is 16.8 Å². The molecule has 0 aliphatic heterocycles. The van der Waals surface area contributed by atoms with Crippen LogP contribution in [0.4, 0.5) is 5.69 Å². The number of carboxylic acids is 1. The zero-order chi connectivity index (χ0) is 12.7. The number of carbonyl (C=O) groups is 2. The molecular formula is C10H14N2O4. The highest BCUT2D eigenvalue weighted by atomic mass is 16.5. The number of hydrogen-bond acceptors (Lipinski definition) is 5. The monoisotopic (exact) mass is 226 g/mol. The van der Waals surface area contributed by atoms with Gasteiger partial charge in [0, 0.05) is 5.69 Å². The van der Waals surface area contributed by atoms with E-state index in [1.807, 2.05) is 0 Å². The number of hydrogen-bond donors (Lipinski definition) is 3. The molecule has 0 bridgehead atoms. The summed E-state index contributed by atoms with van der Waals surface area (Å²) in [4.78, 5) is 21.6. The van der Waals surface area contributed by atoms with Crippen LogP contribution in [-0.2, 0) is 4.74 Å². The van der Waals surface area contributed by atoms with E-state index in [9.17, 15) is 9.59 Å². The summed E-state index contributed by atoms with van der Waals surface area (Å²) in [6.07, 6.45) is 0. The molecule has 0 saturated heterocycles. The Balaban J connectivity index is 0.00000106. The van der Waals surface area contributed by atoms with Crippen LogP contribution < -0.4 is 11.5 Å². The summed E-state index contributed by atoms with van der Waals surface area (Å²) in [7, 11) is 2.73. The van der Waals surface area contributed by atoms with Crippen LogP contribution in [0.1, 0.15) is 20.7 Å². The molecule has 1 aromatic rings. The number of ether oxygens (including phenoxy) is 1. The van der Waals surface area contributed by atoms with E-state index in [1.54, 1.807) is 0 Å². The SMILES string of the molecule is CN.COC(=O)c1ccc(C(=O)O)cc1N. The van der Waals surface area contributed by atoms with Gasteiger partial charge >= 0.3 is 11.9 Å². The lowest BCUT2D eigenvalue weighted by atomic mass is 10.1. The predicted molar refractivity (Wildman–Crippen MR) is 59.3 cm³/mol. The highest BCUT2D eigenvalue weighted by Crippen LogP contribution is 2.15. The third-order valence-electron chi connectivity index (χ3n) is 1.70. The van der Waals surface area contributed by atoms with Crippen molar-refractivity contribution in [3.8, 4) is 0 Å². The Hall–Kier alpha value is -2.08. The van der Waals surface area contributed by atoms with E-state index in [0.717, 1.165) is 0 Å². The van der Waals surface area contributed by atoms with Crippen molar-refractivity contribution in [2.75, 3.05) is 19.9 Å². The normalized spacial score (nSPS) is 8.69. The van der Waals surface area contributed by atoms with Crippen molar-refractivity contribution in [2.24, 2.45) is 5.73 Å². The van der Waals surface area contributed by atoms with Gasteiger partial charge in [0.05, 0.1) is 18.2 Å². The fourth-order valence-electron chi connectivity index (χ4n) is 0.992. The molecule has 6 nitrogen and oxygen atoms in total. The van der Waals surface area contributed by atoms with Crippen molar-refractivity contribution in [2.45, 2.75) is 0 Å². The molecule has 0 amide bonds. The number of nitrogen functional groups attached to an aromatic ring is 1. The van der Waals surface area contributed by atoms with Crippen LogP contribution in [0.2, 0.25) is 0 Å². The highest BCUT2D eigenvalue weighted by Gasteiger charge is 2.12. The Morgan fingerprint density at radius 2 is 1.88 bits per heavy atom. The lowest BCUT2D eigenvalue weighted by molar-refractivity contribution is 0.0600. The van der Waals surface area contributed by atoms with Crippen molar-refractivity contribution in [1.82, 2.24) is 0 Å². The number of benzene rings is 1. The van der Waals surface area contributed by atoms with Gasteiger partial charge in [0.15, 0.2) is 0 Å². The van der Waals surface area contributed by atoms with E-state index in [4.69, 9.17) is 10.8 Å². The first-order valence-corrected chi connectivity index (χ1v) is 4.35. The molecule has 0 fully saturated rings. The molecule has 0 saturated carbocycles. The number of carbonyl (C=O) groups excluding carboxylic acids is 1. The van der Waals surface area contributed by atoms with Gasteiger partial charge in [-0.2, -0.15) is 0 Å². The van der Waals surface area contributed by atoms with Gasteiger partial charge in [-0.3, -0.25) is 0 Å². The molecule has 0 unspecified atom stereocenters. The Kier molecular flexibility index (Phi) is 5.58. The summed E-state index contributed by atoms with van der Waals surface area (Å²) in [6.45, 7) is 0. The third-order valence-corrected chi connectivity index (χ3v) is 1.70. The fraction of sp³-hybridized carbons (Fsp3) is 0.200. The maximum atomic E-state index is 11.1. The highest BCUT2D eigenvalue weighted by molar-refractivity contribution is 5.97. The zero-order valence-electron chi connectivity index (χ0n) is 9.06. The minimum absolute atomic E-state index is 0.0372. The average Bonchev–Trinajstić information content (AvgIpc) is 2.30. The largest absolute Gasteiger partial charge is 0.478 e. The molecule has 0 heterocycles. The van der Waals surface area contributed by atoms with Crippen LogP contribution in [0.3, 0.4) is 0 Å². The average molecular weight is 226 g/mol. The van der Waals surface area contributed by atoms with Gasteiger partial charge in [-0.05, 0) is 25.2 Å². The fourth-order valence-corrected chi connectivity index (χ4v) is 0.992. The minimum Gasteiger partial charge on any atom is -0.478 e. The van der Waals surface area contributed by atoms with Crippen LogP contribution in [0.15, 0.2) is 18.2 Å². The van der Waals surface area contributed by atoms with Gasteiger partial charge in [-0.25, -0.2) is 9.59 Å². The Bertz CT molecular complexity index is 390. The van der Waals surface area contributed by atoms with Crippen molar-refractivity contribution < 1.29 is 19.4 Å². The molecule has 16 heavy (non-hydrogen) atoms. The van der Waals surface area contributed by atoms with E-state index in [2.05, 4.69) is 10.5 Å². The zero-order valence-corrected chi connectivity index (χ0v) is 9.06. The van der Waals surface area contributed by atoms with Crippen LogP contribution in [0, 0.1) is 0 Å². The van der Waals surface area contributed by atoms with Crippen molar-refractivity contribution in [3.63, 3.8) is 0 Å². The summed E-state index contributed by atoms with van der Waals surface area (Å²) in [5, 5.41) is 8.62. The molecule has 0 aliphatic rings. The van der Waals surface area contributed by atoms with Crippen LogP contribution >= 0.6 is 0 Å². The quantitative estimate of drug-likeness (QED) is 0.494. The standard InChI is InChI=1S/C9H9NO4.CH5N/c1-14-9(13)6-3-2-5(8(11)12)4-7(6)10;1-2/h2-4H,10H2,1H3,(H,11,12);2H2,1H3. The molecule has 5 N–H and O–H groups in total. The van der Waals surface area contributed by atoms with Gasteiger partial charge in [0.25, 0.3) is 0 Å². The number of rotatable bonds is 2. The Morgan fingerprint density at radius 3 is 2.25 bits per heavy atom. The van der Waals surface area contributed by atoms with E-state index in [1.165, 1.54) is 32.4 Å². The first kappa shape index (κ1) is 13.9. The summed E-state index contributed by atoms with van der Waals surface area (Å²) < 4.78 is 4.45. The molecule has 1 rings (SSSR count). The second-order valence-corrected chi connectivity index (χ2v) is 2.60. The molecule has 0 spiro atoms. The molecule has 6 heteroatoms. The lowest BCUT2D eigenvalue weighted by Crippen LogP contribution is -2.07. The van der Waals surface area contributed by atoms with Gasteiger partial charge in [0.2, 0.25) is 0 Å². The topological polar surface area (TPSA) is 116 Å². The Labute approximate surface area is 92.8 Å². The van der Waals surface area contributed by atoms with Gasteiger partial charge in [-0.1, -0.05) is 0 Å². The third kappa shape index (κ3) is 3.25. The number of esters is 1. The van der Waals surface area contributed by atoms with Crippen molar-refractivity contribution >= 4 is 17.6 Å². The first-order chi connectivity index (χ1) is 7.56. The number of nitrogens with two attached hydrogens (primary N) is 2. The lowest BCUT2D eigenvalue weighted by Gasteiger charge is -2.03. The minimum atomic E-state index is -1.09. The van der Waals surface area contributed by atoms with Crippen LogP contribution in [0.5, 0.6) is 0 Å². The first-order valence-electron chi connectivity index (χ1n) is 4.35. The predicted octanol–water partition coefficient (Wildman–Crippen LogP) is 0.328. The van der Waals surface area contributed by atoms with E-state index >= 15 is 0 Å². The number of methoxy groups -OCH3 is 1. The molecular weight excluding hydrogens is 212 g/mol. The summed E-state index contributed by atoms with van der Waals surface area (Å²) in [5.74, 6) is -1.67. The van der Waals surface area contributed by atoms with Crippen molar-refractivity contribution in [1.29, 1.82) is 0 Å². The molecule has 0 aliphatic carbocycles. The maximum absolute atomic E-state index is 11.1. The number of aromatic carboxylic acids is 1. The summed E-state index contributed by atoms with van der Waals surface area (Å²) >= 11 is 0. The molecule has 88 valence electrons. The molecule has 0 radical (unpaired) electrons. The second-order valence-electron chi connectivity index (χ2n) is 2.60. The van der Waals surface area contributed by atoms with Crippen molar-refractivity contribution in [3.05, 3.63) is 29.3 Å². The summed E-state index contributed by atoms with van der Waals surface area (Å²) in [5.41, 5.74) is 10.3. The van der Waals surface area contributed by atoms with E-state index < -0.39 is 11.9 Å². The van der Waals surface area contributed by atoms with Crippen LogP contribution in [-0.4, -0.2) is 31.2 Å². The molecule has 0 atom stereocenters. The summed E-state index contributed by atoms with van der Waals surface area (Å²) in [6, 6.07) is 3.84. The Morgan fingerprint density at radius 1 is 1.31 bits per heavy atom.